The van der Waals surface area contributed by atoms with E-state index in [9.17, 15) is 4.79 Å². The van der Waals surface area contributed by atoms with E-state index >= 15 is 0 Å². The molecule has 1 unspecified atom stereocenters. The Balaban J connectivity index is 4.13. The van der Waals surface area contributed by atoms with E-state index in [2.05, 4.69) is 6.92 Å². The lowest BCUT2D eigenvalue weighted by Crippen LogP contribution is -2.39. The van der Waals surface area contributed by atoms with Gasteiger partial charge in [-0.2, -0.15) is 0 Å². The second-order valence-corrected chi connectivity index (χ2v) is 4.20. The topological polar surface area (TPSA) is 46.3 Å². The van der Waals surface area contributed by atoms with Crippen LogP contribution in [0.15, 0.2) is 0 Å². The van der Waals surface area contributed by atoms with Gasteiger partial charge in [-0.25, -0.2) is 0 Å². The molecule has 2 N–H and O–H groups in total. The van der Waals surface area contributed by atoms with Crippen molar-refractivity contribution in [1.29, 1.82) is 0 Å². The molecule has 3 nitrogen and oxygen atoms in total. The summed E-state index contributed by atoms with van der Waals surface area (Å²) in [4.78, 5) is 13.7. The van der Waals surface area contributed by atoms with Crippen molar-refractivity contribution < 1.29 is 4.79 Å². The van der Waals surface area contributed by atoms with E-state index in [1.54, 1.807) is 4.90 Å². The lowest BCUT2D eigenvalue weighted by Gasteiger charge is -2.25. The van der Waals surface area contributed by atoms with Gasteiger partial charge in [-0.3, -0.25) is 4.79 Å². The summed E-state index contributed by atoms with van der Waals surface area (Å²) >= 11 is 0. The summed E-state index contributed by atoms with van der Waals surface area (Å²) in [6, 6.07) is 0. The Morgan fingerprint density at radius 2 is 2.00 bits per heavy atom. The van der Waals surface area contributed by atoms with Crippen LogP contribution in [-0.2, 0) is 4.79 Å². The van der Waals surface area contributed by atoms with Gasteiger partial charge in [0.15, 0.2) is 0 Å². The van der Waals surface area contributed by atoms with Crippen LogP contribution in [0.1, 0.15) is 33.6 Å². The third-order valence-corrected chi connectivity index (χ3v) is 2.60. The zero-order valence-electron chi connectivity index (χ0n) is 9.92. The number of carbonyl (C=O) groups is 1. The van der Waals surface area contributed by atoms with Gasteiger partial charge in [-0.15, -0.1) is 0 Å². The molecule has 0 aliphatic carbocycles. The largest absolute Gasteiger partial charge is 0.345 e. The SMILES string of the molecule is CCCCN(C)C(=O)C(CN)C(C)C. The summed E-state index contributed by atoms with van der Waals surface area (Å²) in [6.07, 6.45) is 2.18. The van der Waals surface area contributed by atoms with Gasteiger partial charge in [-0.05, 0) is 12.3 Å². The minimum atomic E-state index is -0.0168. The highest BCUT2D eigenvalue weighted by molar-refractivity contribution is 5.79. The van der Waals surface area contributed by atoms with Crippen molar-refractivity contribution in [3.8, 4) is 0 Å². The normalized spacial score (nSPS) is 13.0. The van der Waals surface area contributed by atoms with Crippen LogP contribution in [0.2, 0.25) is 0 Å². The maximum Gasteiger partial charge on any atom is 0.226 e. The van der Waals surface area contributed by atoms with Gasteiger partial charge in [-0.1, -0.05) is 27.2 Å². The Bertz CT molecular complexity index is 169. The van der Waals surface area contributed by atoms with Crippen molar-refractivity contribution in [2.75, 3.05) is 20.1 Å². The first-order chi connectivity index (χ1) is 6.54. The van der Waals surface area contributed by atoms with E-state index in [1.165, 1.54) is 0 Å². The second kappa shape index (κ2) is 6.82. The lowest BCUT2D eigenvalue weighted by atomic mass is 9.94. The Kier molecular flexibility index (Phi) is 6.54. The Morgan fingerprint density at radius 3 is 2.36 bits per heavy atom. The van der Waals surface area contributed by atoms with Crippen LogP contribution in [-0.4, -0.2) is 30.9 Å². The molecular weight excluding hydrogens is 176 g/mol. The molecule has 0 spiro atoms. The van der Waals surface area contributed by atoms with Gasteiger partial charge < -0.3 is 10.6 Å². The van der Waals surface area contributed by atoms with Crippen LogP contribution in [0.3, 0.4) is 0 Å². The highest BCUT2D eigenvalue weighted by atomic mass is 16.2. The predicted molar refractivity (Wildman–Crippen MR) is 59.9 cm³/mol. The molecule has 1 amide bonds. The van der Waals surface area contributed by atoms with E-state index in [4.69, 9.17) is 5.73 Å². The number of nitrogens with zero attached hydrogens (tertiary/aromatic N) is 1. The van der Waals surface area contributed by atoms with Crippen molar-refractivity contribution in [1.82, 2.24) is 4.90 Å². The van der Waals surface area contributed by atoms with Gasteiger partial charge >= 0.3 is 0 Å². The number of nitrogens with two attached hydrogens (primary N) is 1. The van der Waals surface area contributed by atoms with E-state index in [1.807, 2.05) is 20.9 Å². The number of amides is 1. The highest BCUT2D eigenvalue weighted by Gasteiger charge is 2.23. The minimum Gasteiger partial charge on any atom is -0.345 e. The van der Waals surface area contributed by atoms with Crippen LogP contribution < -0.4 is 5.73 Å². The van der Waals surface area contributed by atoms with Crippen molar-refractivity contribution in [3.05, 3.63) is 0 Å². The van der Waals surface area contributed by atoms with Crippen molar-refractivity contribution in [2.45, 2.75) is 33.6 Å². The van der Waals surface area contributed by atoms with Crippen molar-refractivity contribution in [3.63, 3.8) is 0 Å². The number of unbranched alkanes of at least 4 members (excludes halogenated alkanes) is 1. The first kappa shape index (κ1) is 13.4. The monoisotopic (exact) mass is 200 g/mol. The average Bonchev–Trinajstić information content (AvgIpc) is 2.14. The molecule has 0 heterocycles. The lowest BCUT2D eigenvalue weighted by molar-refractivity contribution is -0.135. The molecule has 0 fully saturated rings. The molecule has 0 radical (unpaired) electrons. The standard InChI is InChI=1S/C11H24N2O/c1-5-6-7-13(4)11(14)10(8-12)9(2)3/h9-10H,5-8,12H2,1-4H3. The third-order valence-electron chi connectivity index (χ3n) is 2.60. The molecular formula is C11H24N2O. The van der Waals surface area contributed by atoms with Crippen molar-refractivity contribution >= 4 is 5.91 Å². The molecule has 0 rings (SSSR count). The van der Waals surface area contributed by atoms with E-state index in [0.29, 0.717) is 12.5 Å². The molecule has 0 aromatic heterocycles. The summed E-state index contributed by atoms with van der Waals surface area (Å²) in [5, 5.41) is 0. The van der Waals surface area contributed by atoms with Gasteiger partial charge in [0, 0.05) is 20.1 Å². The molecule has 0 aliphatic rings. The third kappa shape index (κ3) is 4.09. The summed E-state index contributed by atoms with van der Waals surface area (Å²) < 4.78 is 0. The van der Waals surface area contributed by atoms with E-state index in [-0.39, 0.29) is 11.8 Å². The molecule has 0 aromatic carbocycles. The quantitative estimate of drug-likeness (QED) is 0.706. The first-order valence-electron chi connectivity index (χ1n) is 5.49. The predicted octanol–water partition coefficient (Wildman–Crippen LogP) is 1.48. The molecule has 0 saturated carbocycles. The molecule has 14 heavy (non-hydrogen) atoms. The van der Waals surface area contributed by atoms with Crippen LogP contribution in [0, 0.1) is 11.8 Å². The van der Waals surface area contributed by atoms with Crippen LogP contribution in [0.25, 0.3) is 0 Å². The number of hydrogen-bond acceptors (Lipinski definition) is 2. The molecule has 0 bridgehead atoms. The van der Waals surface area contributed by atoms with Crippen LogP contribution >= 0.6 is 0 Å². The maximum atomic E-state index is 11.9. The van der Waals surface area contributed by atoms with Crippen LogP contribution in [0.4, 0.5) is 0 Å². The molecule has 0 aromatic rings. The number of carbonyl (C=O) groups excluding carboxylic acids is 1. The van der Waals surface area contributed by atoms with Crippen molar-refractivity contribution in [2.24, 2.45) is 17.6 Å². The molecule has 3 heteroatoms. The fraction of sp³-hybridized carbons (Fsp3) is 0.909. The Labute approximate surface area is 87.6 Å². The first-order valence-corrected chi connectivity index (χ1v) is 5.49. The minimum absolute atomic E-state index is 0.0168. The fourth-order valence-electron chi connectivity index (χ4n) is 1.45. The highest BCUT2D eigenvalue weighted by Crippen LogP contribution is 2.12. The van der Waals surface area contributed by atoms with Gasteiger partial charge in [0.2, 0.25) is 5.91 Å². The fourth-order valence-corrected chi connectivity index (χ4v) is 1.45. The van der Waals surface area contributed by atoms with Gasteiger partial charge in [0.1, 0.15) is 0 Å². The molecule has 0 saturated heterocycles. The Hall–Kier alpha value is -0.570. The van der Waals surface area contributed by atoms with Gasteiger partial charge in [0.25, 0.3) is 0 Å². The summed E-state index contributed by atoms with van der Waals surface area (Å²) in [6.45, 7) is 7.51. The molecule has 1 atom stereocenters. The maximum absolute atomic E-state index is 11.9. The Morgan fingerprint density at radius 1 is 1.43 bits per heavy atom. The van der Waals surface area contributed by atoms with E-state index in [0.717, 1.165) is 19.4 Å². The average molecular weight is 200 g/mol. The molecule has 84 valence electrons. The van der Waals surface area contributed by atoms with E-state index < -0.39 is 0 Å². The molecule has 0 aliphatic heterocycles. The number of hydrogen-bond donors (Lipinski definition) is 1. The van der Waals surface area contributed by atoms with Gasteiger partial charge in [0.05, 0.1) is 5.92 Å². The second-order valence-electron chi connectivity index (χ2n) is 4.20. The number of rotatable bonds is 6. The zero-order chi connectivity index (χ0) is 11.1. The smallest absolute Gasteiger partial charge is 0.226 e. The summed E-state index contributed by atoms with van der Waals surface area (Å²) in [7, 11) is 1.86. The van der Waals surface area contributed by atoms with Crippen LogP contribution in [0.5, 0.6) is 0 Å². The summed E-state index contributed by atoms with van der Waals surface area (Å²) in [5.74, 6) is 0.504. The summed E-state index contributed by atoms with van der Waals surface area (Å²) in [5.41, 5.74) is 5.59. The zero-order valence-corrected chi connectivity index (χ0v) is 9.92.